The summed E-state index contributed by atoms with van der Waals surface area (Å²) in [5, 5.41) is 3.17. The molecule has 126 valence electrons. The normalized spacial score (nSPS) is 15.1. The summed E-state index contributed by atoms with van der Waals surface area (Å²) in [5.41, 5.74) is 2.70. The zero-order valence-electron chi connectivity index (χ0n) is 14.2. The highest BCUT2D eigenvalue weighted by atomic mass is 16.5. The first kappa shape index (κ1) is 16.4. The molecule has 5 nitrogen and oxygen atoms in total. The summed E-state index contributed by atoms with van der Waals surface area (Å²) in [7, 11) is 0. The van der Waals surface area contributed by atoms with E-state index in [2.05, 4.69) is 15.3 Å². The van der Waals surface area contributed by atoms with Crippen LogP contribution >= 0.6 is 0 Å². The average molecular weight is 325 g/mol. The molecule has 0 atom stereocenters. The van der Waals surface area contributed by atoms with Crippen LogP contribution in [0.1, 0.15) is 43.5 Å². The number of hydrogen-bond donors (Lipinski definition) is 1. The Morgan fingerprint density at radius 3 is 2.29 bits per heavy atom. The minimum Gasteiger partial charge on any atom is -0.426 e. The first-order chi connectivity index (χ1) is 11.6. The van der Waals surface area contributed by atoms with Gasteiger partial charge in [0.1, 0.15) is 5.75 Å². The molecule has 0 unspecified atom stereocenters. The van der Waals surface area contributed by atoms with Crippen LogP contribution in [0.3, 0.4) is 0 Å². The summed E-state index contributed by atoms with van der Waals surface area (Å²) >= 11 is 0. The van der Waals surface area contributed by atoms with Gasteiger partial charge in [0.25, 0.3) is 0 Å². The van der Waals surface area contributed by atoms with Crippen molar-refractivity contribution in [3.8, 4) is 5.75 Å². The first-order valence-electron chi connectivity index (χ1n) is 8.51. The second-order valence-corrected chi connectivity index (χ2v) is 6.38. The van der Waals surface area contributed by atoms with Crippen LogP contribution in [0.2, 0.25) is 0 Å². The van der Waals surface area contributed by atoms with E-state index in [1.807, 2.05) is 32.0 Å². The molecule has 1 N–H and O–H groups in total. The molecular formula is C19H23N3O2. The topological polar surface area (TPSA) is 64.1 Å². The number of carbonyl (C=O) groups excluding carboxylic acids is 1. The SMILES string of the molecule is Cc1cc(C)nc(Nc2ccc(OC(=O)C3CCCCC3)cc2)n1. The van der Waals surface area contributed by atoms with Crippen molar-refractivity contribution in [3.05, 3.63) is 41.7 Å². The molecule has 0 spiro atoms. The number of anilines is 2. The van der Waals surface area contributed by atoms with E-state index in [-0.39, 0.29) is 11.9 Å². The maximum atomic E-state index is 12.2. The van der Waals surface area contributed by atoms with Gasteiger partial charge >= 0.3 is 5.97 Å². The van der Waals surface area contributed by atoms with Gasteiger partial charge in [-0.1, -0.05) is 19.3 Å². The largest absolute Gasteiger partial charge is 0.426 e. The molecule has 0 bridgehead atoms. The third-order valence-corrected chi connectivity index (χ3v) is 4.25. The lowest BCUT2D eigenvalue weighted by atomic mass is 9.89. The molecule has 1 saturated carbocycles. The van der Waals surface area contributed by atoms with E-state index in [1.165, 1.54) is 6.42 Å². The molecule has 1 aromatic heterocycles. The van der Waals surface area contributed by atoms with Crippen molar-refractivity contribution in [1.82, 2.24) is 9.97 Å². The molecule has 0 aliphatic heterocycles. The number of aryl methyl sites for hydroxylation is 2. The summed E-state index contributed by atoms with van der Waals surface area (Å²) < 4.78 is 5.50. The van der Waals surface area contributed by atoms with Crippen LogP contribution in [0.5, 0.6) is 5.75 Å². The van der Waals surface area contributed by atoms with E-state index in [0.717, 1.165) is 42.8 Å². The fourth-order valence-corrected chi connectivity index (χ4v) is 3.06. The van der Waals surface area contributed by atoms with Gasteiger partial charge in [0, 0.05) is 17.1 Å². The maximum Gasteiger partial charge on any atom is 0.314 e. The highest BCUT2D eigenvalue weighted by Gasteiger charge is 2.22. The molecule has 1 fully saturated rings. The first-order valence-corrected chi connectivity index (χ1v) is 8.51. The van der Waals surface area contributed by atoms with E-state index >= 15 is 0 Å². The summed E-state index contributed by atoms with van der Waals surface area (Å²) in [6.45, 7) is 3.88. The van der Waals surface area contributed by atoms with Crippen LogP contribution in [-0.2, 0) is 4.79 Å². The monoisotopic (exact) mass is 325 g/mol. The van der Waals surface area contributed by atoms with Crippen LogP contribution in [-0.4, -0.2) is 15.9 Å². The van der Waals surface area contributed by atoms with Gasteiger partial charge < -0.3 is 10.1 Å². The Kier molecular flexibility index (Phi) is 5.08. The van der Waals surface area contributed by atoms with Gasteiger partial charge in [-0.2, -0.15) is 0 Å². The Bertz CT molecular complexity index is 687. The number of benzene rings is 1. The predicted molar refractivity (Wildman–Crippen MR) is 93.4 cm³/mol. The number of esters is 1. The molecule has 1 heterocycles. The number of nitrogens with one attached hydrogen (secondary N) is 1. The second kappa shape index (κ2) is 7.43. The number of rotatable bonds is 4. The van der Waals surface area contributed by atoms with Gasteiger partial charge in [0.2, 0.25) is 5.95 Å². The van der Waals surface area contributed by atoms with Gasteiger partial charge in [-0.15, -0.1) is 0 Å². The fraction of sp³-hybridized carbons (Fsp3) is 0.421. The lowest BCUT2D eigenvalue weighted by Gasteiger charge is -2.19. The second-order valence-electron chi connectivity index (χ2n) is 6.38. The van der Waals surface area contributed by atoms with Crippen LogP contribution in [0, 0.1) is 19.8 Å². The average Bonchev–Trinajstić information content (AvgIpc) is 2.56. The Morgan fingerprint density at radius 1 is 1.04 bits per heavy atom. The molecule has 0 saturated heterocycles. The number of carbonyl (C=O) groups is 1. The molecule has 5 heteroatoms. The van der Waals surface area contributed by atoms with Crippen LogP contribution in [0.25, 0.3) is 0 Å². The van der Waals surface area contributed by atoms with E-state index in [9.17, 15) is 4.79 Å². The molecule has 24 heavy (non-hydrogen) atoms. The van der Waals surface area contributed by atoms with Gasteiger partial charge in [-0.05, 0) is 57.0 Å². The van der Waals surface area contributed by atoms with Crippen LogP contribution < -0.4 is 10.1 Å². The molecule has 1 aromatic carbocycles. The van der Waals surface area contributed by atoms with Crippen molar-refractivity contribution in [2.24, 2.45) is 5.92 Å². The number of ether oxygens (including phenoxy) is 1. The number of nitrogens with zero attached hydrogens (tertiary/aromatic N) is 2. The Balaban J connectivity index is 1.61. The Morgan fingerprint density at radius 2 is 1.67 bits per heavy atom. The van der Waals surface area contributed by atoms with Crippen molar-refractivity contribution in [2.75, 3.05) is 5.32 Å². The standard InChI is InChI=1S/C19H23N3O2/c1-13-12-14(2)21-19(20-13)22-16-8-10-17(11-9-16)24-18(23)15-6-4-3-5-7-15/h8-12,15H,3-7H2,1-2H3,(H,20,21,22). The fourth-order valence-electron chi connectivity index (χ4n) is 3.06. The zero-order chi connectivity index (χ0) is 16.9. The smallest absolute Gasteiger partial charge is 0.314 e. The highest BCUT2D eigenvalue weighted by molar-refractivity contribution is 5.75. The summed E-state index contributed by atoms with van der Waals surface area (Å²) in [6, 6.07) is 9.26. The third-order valence-electron chi connectivity index (χ3n) is 4.25. The van der Waals surface area contributed by atoms with Crippen LogP contribution in [0.4, 0.5) is 11.6 Å². The quantitative estimate of drug-likeness (QED) is 0.670. The van der Waals surface area contributed by atoms with Crippen molar-refractivity contribution >= 4 is 17.6 Å². The van der Waals surface area contributed by atoms with E-state index in [1.54, 1.807) is 12.1 Å². The van der Waals surface area contributed by atoms with E-state index < -0.39 is 0 Å². The van der Waals surface area contributed by atoms with E-state index in [0.29, 0.717) is 11.7 Å². The van der Waals surface area contributed by atoms with Crippen molar-refractivity contribution < 1.29 is 9.53 Å². The van der Waals surface area contributed by atoms with Crippen molar-refractivity contribution in [3.63, 3.8) is 0 Å². The summed E-state index contributed by atoms with van der Waals surface area (Å²) in [4.78, 5) is 20.9. The highest BCUT2D eigenvalue weighted by Crippen LogP contribution is 2.26. The lowest BCUT2D eigenvalue weighted by Crippen LogP contribution is -2.22. The van der Waals surface area contributed by atoms with Crippen molar-refractivity contribution in [2.45, 2.75) is 46.0 Å². The third kappa shape index (κ3) is 4.31. The maximum absolute atomic E-state index is 12.2. The van der Waals surface area contributed by atoms with Crippen LogP contribution in [0.15, 0.2) is 30.3 Å². The molecule has 2 aromatic rings. The molecule has 1 aliphatic carbocycles. The molecule has 0 amide bonds. The molecular weight excluding hydrogens is 302 g/mol. The summed E-state index contributed by atoms with van der Waals surface area (Å²) in [6.07, 6.45) is 5.37. The van der Waals surface area contributed by atoms with E-state index in [4.69, 9.17) is 4.74 Å². The summed E-state index contributed by atoms with van der Waals surface area (Å²) in [5.74, 6) is 1.10. The molecule has 1 aliphatic rings. The Labute approximate surface area is 142 Å². The predicted octanol–water partition coefficient (Wildman–Crippen LogP) is 4.32. The minimum atomic E-state index is -0.104. The number of hydrogen-bond acceptors (Lipinski definition) is 5. The van der Waals surface area contributed by atoms with Gasteiger partial charge in [0.15, 0.2) is 0 Å². The lowest BCUT2D eigenvalue weighted by molar-refractivity contribution is -0.139. The minimum absolute atomic E-state index is 0.0558. The van der Waals surface area contributed by atoms with Gasteiger partial charge in [-0.25, -0.2) is 9.97 Å². The zero-order valence-corrected chi connectivity index (χ0v) is 14.2. The van der Waals surface area contributed by atoms with Crippen molar-refractivity contribution in [1.29, 1.82) is 0 Å². The van der Waals surface area contributed by atoms with Gasteiger partial charge in [-0.3, -0.25) is 4.79 Å². The number of aromatic nitrogens is 2. The Hall–Kier alpha value is -2.43. The molecule has 3 rings (SSSR count). The van der Waals surface area contributed by atoms with Gasteiger partial charge in [0.05, 0.1) is 5.92 Å². The molecule has 0 radical (unpaired) electrons.